The first kappa shape index (κ1) is 17.5. The molecule has 2 saturated heterocycles. The molecule has 2 fully saturated rings. The number of carbonyl (C=O) groups excluding carboxylic acids is 1. The van der Waals surface area contributed by atoms with Crippen molar-refractivity contribution in [1.82, 2.24) is 9.47 Å². The Hall–Kier alpha value is -0.880. The summed E-state index contributed by atoms with van der Waals surface area (Å²) >= 11 is 0. The van der Waals surface area contributed by atoms with Gasteiger partial charge in [-0.1, -0.05) is 34.1 Å². The van der Waals surface area contributed by atoms with Gasteiger partial charge in [0.25, 0.3) is 5.56 Å². The molecule has 4 nitrogen and oxygen atoms in total. The Labute approximate surface area is 157 Å². The molecule has 25 heavy (non-hydrogen) atoms. The van der Waals surface area contributed by atoms with Crippen LogP contribution >= 0.6 is 21.6 Å². The van der Waals surface area contributed by atoms with Gasteiger partial charge in [-0.3, -0.25) is 9.59 Å². The molecule has 0 N–H and O–H groups in total. The number of carbonyl (C=O) groups is 1. The SMILES string of the molecule is O=C(CCCC[C@@H]1CCSS1)N1C[C@@H]2C[C@@H](C1)c1cccc(=O)n1C2. The summed E-state index contributed by atoms with van der Waals surface area (Å²) in [6, 6.07) is 5.57. The Morgan fingerprint density at radius 2 is 2.12 bits per heavy atom. The summed E-state index contributed by atoms with van der Waals surface area (Å²) < 4.78 is 1.93. The van der Waals surface area contributed by atoms with E-state index in [1.165, 1.54) is 25.0 Å². The molecule has 0 unspecified atom stereocenters. The molecule has 3 aliphatic heterocycles. The number of amides is 1. The average molecular weight is 379 g/mol. The normalized spacial score (nSPS) is 28.0. The molecule has 1 aromatic rings. The maximum atomic E-state index is 12.7. The maximum absolute atomic E-state index is 12.7. The van der Waals surface area contributed by atoms with Crippen LogP contribution in [0.1, 0.15) is 50.1 Å². The average Bonchev–Trinajstić information content (AvgIpc) is 3.13. The van der Waals surface area contributed by atoms with Crippen molar-refractivity contribution in [3.05, 3.63) is 34.2 Å². The Kier molecular flexibility index (Phi) is 5.46. The van der Waals surface area contributed by atoms with E-state index >= 15 is 0 Å². The second-order valence-corrected chi connectivity index (χ2v) is 10.4. The molecule has 2 bridgehead atoms. The van der Waals surface area contributed by atoms with Gasteiger partial charge in [0.1, 0.15) is 0 Å². The van der Waals surface area contributed by atoms with Gasteiger partial charge in [-0.05, 0) is 37.7 Å². The summed E-state index contributed by atoms with van der Waals surface area (Å²) in [7, 11) is 4.02. The third-order valence-corrected chi connectivity index (χ3v) is 8.73. The second kappa shape index (κ2) is 7.78. The number of hydrogen-bond donors (Lipinski definition) is 0. The van der Waals surface area contributed by atoms with Crippen molar-refractivity contribution in [2.75, 3.05) is 18.8 Å². The molecule has 3 aliphatic rings. The topological polar surface area (TPSA) is 42.3 Å². The monoisotopic (exact) mass is 378 g/mol. The van der Waals surface area contributed by atoms with Crippen molar-refractivity contribution < 1.29 is 4.79 Å². The summed E-state index contributed by atoms with van der Waals surface area (Å²) in [5.74, 6) is 2.37. The number of likely N-dealkylation sites (tertiary alicyclic amines) is 1. The van der Waals surface area contributed by atoms with Crippen molar-refractivity contribution in [1.29, 1.82) is 0 Å². The smallest absolute Gasteiger partial charge is 0.250 e. The molecule has 0 spiro atoms. The van der Waals surface area contributed by atoms with Crippen LogP contribution in [-0.4, -0.2) is 39.5 Å². The molecule has 1 aromatic heterocycles. The minimum absolute atomic E-state index is 0.106. The summed E-state index contributed by atoms with van der Waals surface area (Å²) in [4.78, 5) is 26.8. The van der Waals surface area contributed by atoms with Gasteiger partial charge in [-0.25, -0.2) is 0 Å². The van der Waals surface area contributed by atoms with E-state index in [1.54, 1.807) is 6.07 Å². The van der Waals surface area contributed by atoms with Crippen molar-refractivity contribution in [3.63, 3.8) is 0 Å². The Bertz CT molecular complexity index is 684. The van der Waals surface area contributed by atoms with Crippen LogP contribution in [0.2, 0.25) is 0 Å². The van der Waals surface area contributed by atoms with Crippen LogP contribution in [0.15, 0.2) is 23.0 Å². The van der Waals surface area contributed by atoms with Crippen LogP contribution in [0.3, 0.4) is 0 Å². The molecule has 136 valence electrons. The minimum Gasteiger partial charge on any atom is -0.342 e. The van der Waals surface area contributed by atoms with E-state index in [2.05, 4.69) is 11.0 Å². The molecule has 3 atom stereocenters. The zero-order chi connectivity index (χ0) is 17.2. The number of aromatic nitrogens is 1. The van der Waals surface area contributed by atoms with Crippen LogP contribution in [0.4, 0.5) is 0 Å². The first-order valence-electron chi connectivity index (χ1n) is 9.46. The molecule has 0 aromatic carbocycles. The van der Waals surface area contributed by atoms with Crippen LogP contribution in [-0.2, 0) is 11.3 Å². The molecule has 0 saturated carbocycles. The van der Waals surface area contributed by atoms with Crippen LogP contribution in [0.5, 0.6) is 0 Å². The minimum atomic E-state index is 0.106. The van der Waals surface area contributed by atoms with Gasteiger partial charge in [-0.2, -0.15) is 0 Å². The fourth-order valence-electron chi connectivity index (χ4n) is 4.47. The van der Waals surface area contributed by atoms with E-state index in [4.69, 9.17) is 0 Å². The zero-order valence-electron chi connectivity index (χ0n) is 14.6. The first-order chi connectivity index (χ1) is 12.2. The Morgan fingerprint density at radius 1 is 1.20 bits per heavy atom. The predicted octanol–water partition coefficient (Wildman–Crippen LogP) is 3.51. The highest BCUT2D eigenvalue weighted by Crippen LogP contribution is 2.40. The van der Waals surface area contributed by atoms with Crippen molar-refractivity contribution >= 4 is 27.5 Å². The molecule has 0 radical (unpaired) electrons. The molecular formula is C19H26N2O2S2. The predicted molar refractivity (Wildman–Crippen MR) is 105 cm³/mol. The fourth-order valence-corrected chi connectivity index (χ4v) is 7.50. The van der Waals surface area contributed by atoms with Gasteiger partial charge in [-0.15, -0.1) is 0 Å². The molecular weight excluding hydrogens is 352 g/mol. The van der Waals surface area contributed by atoms with Gasteiger partial charge in [0.15, 0.2) is 0 Å². The lowest BCUT2D eigenvalue weighted by atomic mass is 9.83. The fraction of sp³-hybridized carbons (Fsp3) is 0.684. The van der Waals surface area contributed by atoms with Crippen molar-refractivity contribution in [3.8, 4) is 0 Å². The molecule has 0 aliphatic carbocycles. The number of piperidine rings is 1. The number of nitrogens with zero attached hydrogens (tertiary/aromatic N) is 2. The lowest BCUT2D eigenvalue weighted by Gasteiger charge is -2.42. The zero-order valence-corrected chi connectivity index (χ0v) is 16.2. The highest BCUT2D eigenvalue weighted by Gasteiger charge is 2.35. The van der Waals surface area contributed by atoms with Gasteiger partial charge in [0.05, 0.1) is 0 Å². The lowest BCUT2D eigenvalue weighted by molar-refractivity contribution is -0.134. The second-order valence-electron chi connectivity index (χ2n) is 7.57. The summed E-state index contributed by atoms with van der Waals surface area (Å²) in [6.45, 7) is 2.38. The largest absolute Gasteiger partial charge is 0.342 e. The van der Waals surface area contributed by atoms with Gasteiger partial charge >= 0.3 is 0 Å². The molecule has 1 amide bonds. The van der Waals surface area contributed by atoms with Crippen molar-refractivity contribution in [2.45, 2.75) is 56.2 Å². The van der Waals surface area contributed by atoms with E-state index in [0.717, 1.165) is 43.4 Å². The van der Waals surface area contributed by atoms with E-state index in [9.17, 15) is 9.59 Å². The van der Waals surface area contributed by atoms with Crippen LogP contribution in [0.25, 0.3) is 0 Å². The Balaban J connectivity index is 1.30. The number of rotatable bonds is 5. The molecule has 6 heteroatoms. The third-order valence-electron chi connectivity index (χ3n) is 5.73. The summed E-state index contributed by atoms with van der Waals surface area (Å²) in [6.07, 6.45) is 6.57. The maximum Gasteiger partial charge on any atom is 0.250 e. The van der Waals surface area contributed by atoms with Gasteiger partial charge < -0.3 is 9.47 Å². The number of fused-ring (bicyclic) bond motifs is 4. The quantitative estimate of drug-likeness (QED) is 0.581. The molecule has 4 heterocycles. The number of hydrogen-bond acceptors (Lipinski definition) is 4. The Morgan fingerprint density at radius 3 is 2.96 bits per heavy atom. The number of unbranched alkanes of at least 4 members (excludes halogenated alkanes) is 1. The standard InChI is InChI=1S/C19H26N2O2S2/c22-18(6-2-1-4-16-8-9-24-25-16)20-11-14-10-15(13-20)17-5-3-7-19(23)21(17)12-14/h3,5,7,14-16H,1-2,4,6,8-13H2/t14-,15-,16+/m0/s1. The molecule has 4 rings (SSSR count). The van der Waals surface area contributed by atoms with E-state index < -0.39 is 0 Å². The lowest BCUT2D eigenvalue weighted by Crippen LogP contribution is -2.49. The highest BCUT2D eigenvalue weighted by molar-refractivity contribution is 8.77. The van der Waals surface area contributed by atoms with Gasteiger partial charge in [0.2, 0.25) is 5.91 Å². The van der Waals surface area contributed by atoms with Crippen LogP contribution < -0.4 is 5.56 Å². The van der Waals surface area contributed by atoms with Crippen LogP contribution in [0, 0.1) is 5.92 Å². The number of pyridine rings is 1. The van der Waals surface area contributed by atoms with E-state index in [-0.39, 0.29) is 5.56 Å². The van der Waals surface area contributed by atoms with Gasteiger partial charge in [0, 0.05) is 54.7 Å². The van der Waals surface area contributed by atoms with E-state index in [1.807, 2.05) is 32.2 Å². The van der Waals surface area contributed by atoms with E-state index in [0.29, 0.717) is 24.2 Å². The first-order valence-corrected chi connectivity index (χ1v) is 11.8. The third kappa shape index (κ3) is 3.95. The summed E-state index contributed by atoms with van der Waals surface area (Å²) in [5, 5.41) is 0.809. The van der Waals surface area contributed by atoms with Crippen molar-refractivity contribution in [2.24, 2.45) is 5.92 Å². The summed E-state index contributed by atoms with van der Waals surface area (Å²) in [5.41, 5.74) is 1.23. The highest BCUT2D eigenvalue weighted by atomic mass is 33.1.